The molecule has 4 aliphatic carbocycles. The summed E-state index contributed by atoms with van der Waals surface area (Å²) in [5.41, 5.74) is -0.937. The molecule has 37 atom stereocenters. The van der Waals surface area contributed by atoms with Gasteiger partial charge >= 0.3 is 0 Å². The molecule has 11 aliphatic rings. The number of allylic oxidation sites excluding steroid dienone is 1. The minimum absolute atomic E-state index is 0.0833. The van der Waals surface area contributed by atoms with E-state index in [0.717, 1.165) is 12.8 Å². The van der Waals surface area contributed by atoms with Gasteiger partial charge in [-0.05, 0) is 88.9 Å². The minimum Gasteiger partial charge on any atom is -0.394 e. The van der Waals surface area contributed by atoms with E-state index in [4.69, 9.17) is 56.8 Å². The SMILES string of the molecule is C[C@@H]1O[C@@H](O[C@@H]2[C@@H](O)[C@@H](O)[C@H](O[C@H]3[C@H](O)[C@@H](O[C@@H]4O[C@@H](C)[C@H](O)[C@@H](O)[C@H]4O)[C@H](O[C@H]4CC[C@@]5(C)C(=CC[C@@H]6[C@@H]5CC[C@@]5(C)[C@H]6C[C@@H]6O[C@]7(C[C@H](O[C@@H]8O[C@H](CO)[C@@H](O)[C@H](O)[C@H]8O)[C@@H](C)CO7)[C@@H](C)[C@@]65O)C4)O[C@@H]3CO)O[C@H]2C)[C@H](O)[C@H](O)[C@H]1O. The third-order valence-corrected chi connectivity index (χ3v) is 22.2. The van der Waals surface area contributed by atoms with Gasteiger partial charge in [0.05, 0.1) is 56.4 Å². The molecule has 0 amide bonds. The summed E-state index contributed by atoms with van der Waals surface area (Å²) >= 11 is 0. The molecule has 1 spiro atoms. The zero-order valence-electron chi connectivity index (χ0n) is 48.5. The molecule has 0 bridgehead atoms. The van der Waals surface area contributed by atoms with Gasteiger partial charge in [-0.2, -0.15) is 0 Å². The van der Waals surface area contributed by atoms with E-state index in [-0.39, 0.29) is 42.1 Å². The first-order chi connectivity index (χ1) is 39.6. The Kier molecular flexibility index (Phi) is 18.4. The van der Waals surface area contributed by atoms with E-state index in [1.807, 2.05) is 13.8 Å². The topological polar surface area (TPSA) is 414 Å². The lowest BCUT2D eigenvalue weighted by Crippen LogP contribution is -2.67. The molecule has 10 fully saturated rings. The van der Waals surface area contributed by atoms with Gasteiger partial charge in [-0.1, -0.05) is 39.3 Å². The standard InChI is InChI=1S/C57H92O27/c1-20-19-73-56(16-30(20)78-52-43(69)39(65)36(62)31(17-58)79-52)24(5)57(72)33(84-56)15-29-27-9-8-25-14-26(10-12-54(25,6)28(27)11-13-55(29,57)7)77-53-48(83-50-42(68)38(64)35(61)22(3)75-50)45(71)47(32(18-59)80-53)82-51-44(70)40(66)46(23(4)76-51)81-49-41(67)37(63)34(60)21(2)74-49/h8,20-24,26-53,58-72H,9-19H2,1-7H3/t20-,21-,22-,23-,24+,26-,27+,28-,29-,30-,31+,32+,33-,34-,35-,36+,37+,38+,39-,40-,41+,42+,43+,44+,45-,46-,47+,48+,49-,50-,51-,52+,53+,54-,55-,56+,57+/m0/s1. The lowest BCUT2D eigenvalue weighted by atomic mass is 9.46. The van der Waals surface area contributed by atoms with Crippen LogP contribution in [0.4, 0.5) is 0 Å². The summed E-state index contributed by atoms with van der Waals surface area (Å²) in [4.78, 5) is 0. The van der Waals surface area contributed by atoms with Crippen molar-refractivity contribution in [3.8, 4) is 0 Å². The first-order valence-corrected chi connectivity index (χ1v) is 30.3. The van der Waals surface area contributed by atoms with Gasteiger partial charge in [0.25, 0.3) is 0 Å². The monoisotopic (exact) mass is 1210 g/mol. The van der Waals surface area contributed by atoms with Crippen molar-refractivity contribution >= 4 is 0 Å². The predicted molar refractivity (Wildman–Crippen MR) is 279 cm³/mol. The van der Waals surface area contributed by atoms with Gasteiger partial charge in [-0.3, -0.25) is 0 Å². The van der Waals surface area contributed by atoms with Crippen LogP contribution in [-0.2, 0) is 56.8 Å². The Bertz CT molecular complexity index is 2310. The van der Waals surface area contributed by atoms with Crippen LogP contribution in [-0.4, -0.2) is 280 Å². The maximum absolute atomic E-state index is 13.3. The highest BCUT2D eigenvalue weighted by Gasteiger charge is 2.77. The highest BCUT2D eigenvalue weighted by atomic mass is 16.8. The Hall–Kier alpha value is -1.34. The van der Waals surface area contributed by atoms with Crippen molar-refractivity contribution in [1.82, 2.24) is 0 Å². The van der Waals surface area contributed by atoms with Crippen molar-refractivity contribution in [2.24, 2.45) is 40.4 Å². The van der Waals surface area contributed by atoms with Gasteiger partial charge in [0.15, 0.2) is 37.2 Å². The second-order valence-electron chi connectivity index (χ2n) is 26.9. The Morgan fingerprint density at radius 1 is 0.536 bits per heavy atom. The van der Waals surface area contributed by atoms with E-state index in [2.05, 4.69) is 19.9 Å². The molecule has 27 heteroatoms. The van der Waals surface area contributed by atoms with Crippen LogP contribution in [0.1, 0.15) is 99.8 Å². The van der Waals surface area contributed by atoms with Crippen molar-refractivity contribution in [3.05, 3.63) is 11.6 Å². The average molecular weight is 1210 g/mol. The van der Waals surface area contributed by atoms with Gasteiger partial charge in [0.2, 0.25) is 0 Å². The molecule has 7 heterocycles. The summed E-state index contributed by atoms with van der Waals surface area (Å²) < 4.78 is 74.3. The average Bonchev–Trinajstić information content (AvgIpc) is 1.75. The van der Waals surface area contributed by atoms with Gasteiger partial charge in [-0.25, -0.2) is 0 Å². The number of aliphatic hydroxyl groups is 15. The summed E-state index contributed by atoms with van der Waals surface area (Å²) in [6.45, 7) is 11.6. The largest absolute Gasteiger partial charge is 0.394 e. The molecule has 27 nitrogen and oxygen atoms in total. The first kappa shape index (κ1) is 64.2. The maximum atomic E-state index is 13.3. The zero-order valence-corrected chi connectivity index (χ0v) is 48.5. The summed E-state index contributed by atoms with van der Waals surface area (Å²) in [5.74, 6) is -1.42. The summed E-state index contributed by atoms with van der Waals surface area (Å²) in [7, 11) is 0. The summed E-state index contributed by atoms with van der Waals surface area (Å²) in [6.07, 6.45) is -32.6. The van der Waals surface area contributed by atoms with Crippen molar-refractivity contribution in [3.63, 3.8) is 0 Å². The van der Waals surface area contributed by atoms with Gasteiger partial charge < -0.3 is 133 Å². The number of fused-ring (bicyclic) bond motifs is 7. The lowest BCUT2D eigenvalue weighted by Gasteiger charge is -2.60. The van der Waals surface area contributed by atoms with E-state index in [1.54, 1.807) is 0 Å². The molecule has 0 radical (unpaired) electrons. The molecule has 0 unspecified atom stereocenters. The molecule has 482 valence electrons. The molecule has 7 aliphatic heterocycles. The molecular weight excluding hydrogens is 1120 g/mol. The quantitative estimate of drug-likeness (QED) is 0.0828. The van der Waals surface area contributed by atoms with E-state index < -0.39 is 208 Å². The fraction of sp³-hybridized carbons (Fsp3) is 0.965. The predicted octanol–water partition coefficient (Wildman–Crippen LogP) is -4.00. The smallest absolute Gasteiger partial charge is 0.187 e. The molecule has 0 aromatic carbocycles. The van der Waals surface area contributed by atoms with Crippen LogP contribution in [0.25, 0.3) is 0 Å². The molecule has 0 aromatic rings. The number of hydrogen-bond donors (Lipinski definition) is 15. The molecular formula is C57H92O27. The van der Waals surface area contributed by atoms with Gasteiger partial charge in [0.1, 0.15) is 109 Å². The third-order valence-electron chi connectivity index (χ3n) is 22.2. The molecule has 11 rings (SSSR count). The van der Waals surface area contributed by atoms with Crippen molar-refractivity contribution in [2.45, 2.75) is 283 Å². The molecule has 0 aromatic heterocycles. The minimum atomic E-state index is -1.90. The van der Waals surface area contributed by atoms with Crippen LogP contribution >= 0.6 is 0 Å². The molecule has 15 N–H and O–H groups in total. The van der Waals surface area contributed by atoms with Crippen molar-refractivity contribution in [2.75, 3.05) is 19.8 Å². The van der Waals surface area contributed by atoms with Crippen molar-refractivity contribution < 1.29 is 133 Å². The highest BCUT2D eigenvalue weighted by Crippen LogP contribution is 2.72. The fourth-order valence-electron chi connectivity index (χ4n) is 16.9. The molecule has 7 saturated heterocycles. The van der Waals surface area contributed by atoms with E-state index in [9.17, 15) is 76.6 Å². The Morgan fingerprint density at radius 2 is 1.08 bits per heavy atom. The van der Waals surface area contributed by atoms with E-state index >= 15 is 0 Å². The normalized spacial score (nSPS) is 58.5. The van der Waals surface area contributed by atoms with E-state index in [0.29, 0.717) is 32.1 Å². The number of ether oxygens (including phenoxy) is 12. The fourth-order valence-corrected chi connectivity index (χ4v) is 16.9. The third kappa shape index (κ3) is 10.5. The second-order valence-corrected chi connectivity index (χ2v) is 26.9. The van der Waals surface area contributed by atoms with Gasteiger partial charge in [0, 0.05) is 23.7 Å². The second kappa shape index (κ2) is 24.0. The van der Waals surface area contributed by atoms with Crippen molar-refractivity contribution in [1.29, 1.82) is 0 Å². The first-order valence-electron chi connectivity index (χ1n) is 30.3. The Labute approximate surface area is 487 Å². The summed E-state index contributed by atoms with van der Waals surface area (Å²) in [5, 5.41) is 164. The van der Waals surface area contributed by atoms with Gasteiger partial charge in [-0.15, -0.1) is 0 Å². The number of rotatable bonds is 12. The lowest BCUT2D eigenvalue weighted by molar-refractivity contribution is -0.394. The highest BCUT2D eigenvalue weighted by molar-refractivity contribution is 5.29. The number of aliphatic hydroxyl groups excluding tert-OH is 14. The Balaban J connectivity index is 0.771. The number of hydrogen-bond acceptors (Lipinski definition) is 27. The Morgan fingerprint density at radius 3 is 1.70 bits per heavy atom. The van der Waals surface area contributed by atoms with Crippen LogP contribution in [0.2, 0.25) is 0 Å². The zero-order chi connectivity index (χ0) is 60.6. The molecule has 3 saturated carbocycles. The van der Waals surface area contributed by atoms with Crippen LogP contribution in [0, 0.1) is 40.4 Å². The molecule has 84 heavy (non-hydrogen) atoms. The van der Waals surface area contributed by atoms with Crippen LogP contribution < -0.4 is 0 Å². The van der Waals surface area contributed by atoms with Crippen LogP contribution in [0.15, 0.2) is 11.6 Å². The van der Waals surface area contributed by atoms with E-state index in [1.165, 1.54) is 26.3 Å². The van der Waals surface area contributed by atoms with Crippen LogP contribution in [0.3, 0.4) is 0 Å². The maximum Gasteiger partial charge on any atom is 0.187 e. The van der Waals surface area contributed by atoms with Crippen LogP contribution in [0.5, 0.6) is 0 Å². The summed E-state index contributed by atoms with van der Waals surface area (Å²) in [6, 6.07) is 0.